The Hall–Kier alpha value is -1.09. The van der Waals surface area contributed by atoms with Gasteiger partial charge in [0.15, 0.2) is 11.6 Å². The summed E-state index contributed by atoms with van der Waals surface area (Å²) in [6, 6.07) is 4.77. The predicted molar refractivity (Wildman–Crippen MR) is 71.1 cm³/mol. The van der Waals surface area contributed by atoms with E-state index in [0.717, 1.165) is 18.4 Å². The van der Waals surface area contributed by atoms with Gasteiger partial charge in [0.2, 0.25) is 0 Å². The van der Waals surface area contributed by atoms with E-state index in [9.17, 15) is 4.39 Å². The molecule has 0 aliphatic heterocycles. The van der Waals surface area contributed by atoms with Gasteiger partial charge in [0, 0.05) is 11.6 Å². The van der Waals surface area contributed by atoms with Gasteiger partial charge in [-0.15, -0.1) is 0 Å². The normalized spacial score (nSPS) is 19.3. The van der Waals surface area contributed by atoms with E-state index in [1.165, 1.54) is 31.7 Å². The molecule has 0 radical (unpaired) electrons. The Morgan fingerprint density at radius 3 is 2.50 bits per heavy atom. The number of para-hydroxylation sites is 1. The van der Waals surface area contributed by atoms with Gasteiger partial charge < -0.3 is 10.5 Å². The van der Waals surface area contributed by atoms with Crippen LogP contribution in [0.25, 0.3) is 0 Å². The van der Waals surface area contributed by atoms with Crippen LogP contribution in [0.15, 0.2) is 18.2 Å². The third kappa shape index (κ3) is 3.22. The Kier molecular flexibility index (Phi) is 4.59. The van der Waals surface area contributed by atoms with Crippen molar-refractivity contribution >= 4 is 0 Å². The molecule has 0 saturated heterocycles. The third-order valence-corrected chi connectivity index (χ3v) is 3.57. The molecule has 1 aliphatic carbocycles. The number of benzene rings is 1. The van der Waals surface area contributed by atoms with Crippen molar-refractivity contribution < 1.29 is 9.13 Å². The zero-order chi connectivity index (χ0) is 13.0. The molecule has 0 bridgehead atoms. The number of ether oxygens (including phenoxy) is 1. The average Bonchev–Trinajstić information content (AvgIpc) is 2.60. The Morgan fingerprint density at radius 2 is 1.89 bits per heavy atom. The summed E-state index contributed by atoms with van der Waals surface area (Å²) in [4.78, 5) is 0. The molecular formula is C15H22FNO. The van der Waals surface area contributed by atoms with Crippen LogP contribution in [0.2, 0.25) is 0 Å². The van der Waals surface area contributed by atoms with E-state index in [0.29, 0.717) is 5.75 Å². The first-order valence-corrected chi connectivity index (χ1v) is 6.89. The van der Waals surface area contributed by atoms with Crippen molar-refractivity contribution in [3.63, 3.8) is 0 Å². The van der Waals surface area contributed by atoms with Crippen molar-refractivity contribution in [2.24, 2.45) is 5.73 Å². The first-order chi connectivity index (χ1) is 8.68. The highest BCUT2D eigenvalue weighted by Gasteiger charge is 2.19. The molecule has 100 valence electrons. The van der Waals surface area contributed by atoms with Crippen LogP contribution in [-0.2, 0) is 0 Å². The molecule has 1 aromatic carbocycles. The summed E-state index contributed by atoms with van der Waals surface area (Å²) in [5.41, 5.74) is 6.64. The Bertz CT molecular complexity index is 384. The lowest BCUT2D eigenvalue weighted by molar-refractivity contribution is 0.173. The van der Waals surface area contributed by atoms with Crippen molar-refractivity contribution in [2.75, 3.05) is 0 Å². The molecule has 0 amide bonds. The monoisotopic (exact) mass is 251 g/mol. The third-order valence-electron chi connectivity index (χ3n) is 3.57. The topological polar surface area (TPSA) is 35.2 Å². The van der Waals surface area contributed by atoms with Gasteiger partial charge >= 0.3 is 0 Å². The van der Waals surface area contributed by atoms with E-state index < -0.39 is 0 Å². The van der Waals surface area contributed by atoms with Gasteiger partial charge in [0.05, 0.1) is 6.10 Å². The molecule has 0 spiro atoms. The number of hydrogen-bond acceptors (Lipinski definition) is 2. The highest BCUT2D eigenvalue weighted by Crippen LogP contribution is 2.30. The maximum Gasteiger partial charge on any atom is 0.165 e. The molecule has 1 aromatic rings. The second-order valence-corrected chi connectivity index (χ2v) is 5.18. The van der Waals surface area contributed by atoms with Crippen molar-refractivity contribution in [3.8, 4) is 5.75 Å². The summed E-state index contributed by atoms with van der Waals surface area (Å²) in [7, 11) is 0. The second-order valence-electron chi connectivity index (χ2n) is 5.18. The van der Waals surface area contributed by atoms with Crippen LogP contribution in [0.5, 0.6) is 5.75 Å². The van der Waals surface area contributed by atoms with E-state index in [4.69, 9.17) is 10.5 Å². The number of halogens is 1. The highest BCUT2D eigenvalue weighted by atomic mass is 19.1. The summed E-state index contributed by atoms with van der Waals surface area (Å²) >= 11 is 0. The van der Waals surface area contributed by atoms with Crippen LogP contribution in [0.1, 0.15) is 57.1 Å². The summed E-state index contributed by atoms with van der Waals surface area (Å²) < 4.78 is 19.8. The quantitative estimate of drug-likeness (QED) is 0.826. The van der Waals surface area contributed by atoms with E-state index in [2.05, 4.69) is 0 Å². The predicted octanol–water partition coefficient (Wildman–Crippen LogP) is 3.95. The first kappa shape index (κ1) is 13.3. The molecule has 0 heterocycles. The number of rotatable bonds is 3. The van der Waals surface area contributed by atoms with E-state index in [1.54, 1.807) is 6.07 Å². The van der Waals surface area contributed by atoms with Crippen molar-refractivity contribution in [3.05, 3.63) is 29.6 Å². The SMILES string of the molecule is C[C@H](N)c1cccc(F)c1OC1CCCCCC1. The minimum absolute atomic E-state index is 0.141. The van der Waals surface area contributed by atoms with Gasteiger partial charge in [-0.1, -0.05) is 25.0 Å². The molecule has 0 unspecified atom stereocenters. The maximum absolute atomic E-state index is 13.9. The smallest absolute Gasteiger partial charge is 0.165 e. The van der Waals surface area contributed by atoms with Crippen LogP contribution in [0.3, 0.4) is 0 Å². The van der Waals surface area contributed by atoms with Gasteiger partial charge in [0.1, 0.15) is 0 Å². The van der Waals surface area contributed by atoms with E-state index in [-0.39, 0.29) is 18.0 Å². The van der Waals surface area contributed by atoms with Gasteiger partial charge in [-0.2, -0.15) is 0 Å². The largest absolute Gasteiger partial charge is 0.487 e. The van der Waals surface area contributed by atoms with Gasteiger partial charge in [0.25, 0.3) is 0 Å². The Morgan fingerprint density at radius 1 is 1.22 bits per heavy atom. The summed E-state index contributed by atoms with van der Waals surface area (Å²) in [6.45, 7) is 1.86. The van der Waals surface area contributed by atoms with E-state index >= 15 is 0 Å². The minimum atomic E-state index is -0.297. The zero-order valence-corrected chi connectivity index (χ0v) is 11.0. The maximum atomic E-state index is 13.9. The number of nitrogens with two attached hydrogens (primary N) is 1. The van der Waals surface area contributed by atoms with Gasteiger partial charge in [-0.3, -0.25) is 0 Å². The van der Waals surface area contributed by atoms with Crippen molar-refractivity contribution in [1.29, 1.82) is 0 Å². The molecule has 1 aliphatic rings. The molecule has 2 rings (SSSR count). The lowest BCUT2D eigenvalue weighted by atomic mass is 10.1. The van der Waals surface area contributed by atoms with E-state index in [1.807, 2.05) is 13.0 Å². The van der Waals surface area contributed by atoms with Crippen LogP contribution in [0, 0.1) is 5.82 Å². The number of hydrogen-bond donors (Lipinski definition) is 1. The first-order valence-electron chi connectivity index (χ1n) is 6.89. The van der Waals surface area contributed by atoms with Crippen LogP contribution in [0.4, 0.5) is 4.39 Å². The van der Waals surface area contributed by atoms with Crippen molar-refractivity contribution in [2.45, 2.75) is 57.6 Å². The zero-order valence-electron chi connectivity index (χ0n) is 11.0. The molecule has 1 atom stereocenters. The molecule has 18 heavy (non-hydrogen) atoms. The van der Waals surface area contributed by atoms with Gasteiger partial charge in [-0.05, 0) is 38.7 Å². The van der Waals surface area contributed by atoms with Crippen LogP contribution in [-0.4, -0.2) is 6.10 Å². The van der Waals surface area contributed by atoms with Gasteiger partial charge in [-0.25, -0.2) is 4.39 Å². The fourth-order valence-electron chi connectivity index (χ4n) is 2.53. The molecule has 2 N–H and O–H groups in total. The second kappa shape index (κ2) is 6.19. The lowest BCUT2D eigenvalue weighted by Crippen LogP contribution is -2.18. The molecule has 1 fully saturated rings. The fourth-order valence-corrected chi connectivity index (χ4v) is 2.53. The standard InChI is InChI=1S/C15H22FNO/c1-11(17)13-9-6-10-14(16)15(13)18-12-7-4-2-3-5-8-12/h6,9-12H,2-5,7-8,17H2,1H3/t11-/m0/s1. The Labute approximate surface area is 108 Å². The van der Waals surface area contributed by atoms with Crippen molar-refractivity contribution in [1.82, 2.24) is 0 Å². The summed E-state index contributed by atoms with van der Waals surface area (Å²) in [5, 5.41) is 0. The molecule has 1 saturated carbocycles. The molecule has 2 nitrogen and oxygen atoms in total. The summed E-state index contributed by atoms with van der Waals surface area (Å²) in [6.07, 6.45) is 7.05. The highest BCUT2D eigenvalue weighted by molar-refractivity contribution is 5.37. The van der Waals surface area contributed by atoms with Crippen LogP contribution >= 0.6 is 0 Å². The molecule has 3 heteroatoms. The average molecular weight is 251 g/mol. The summed E-state index contributed by atoms with van der Waals surface area (Å²) in [5.74, 6) is 0.0634. The molecule has 0 aromatic heterocycles. The van der Waals surface area contributed by atoms with Crippen LogP contribution < -0.4 is 10.5 Å². The Balaban J connectivity index is 2.16. The molecular weight excluding hydrogens is 229 g/mol. The fraction of sp³-hybridized carbons (Fsp3) is 0.600. The lowest BCUT2D eigenvalue weighted by Gasteiger charge is -2.21. The minimum Gasteiger partial charge on any atom is -0.487 e.